The highest BCUT2D eigenvalue weighted by molar-refractivity contribution is 9.10. The van der Waals surface area contributed by atoms with Crippen LogP contribution in [0.2, 0.25) is 0 Å². The van der Waals surface area contributed by atoms with Crippen LogP contribution in [-0.4, -0.2) is 33.8 Å². The van der Waals surface area contributed by atoms with Gasteiger partial charge in [-0.1, -0.05) is 22.9 Å². The van der Waals surface area contributed by atoms with Gasteiger partial charge in [-0.15, -0.1) is 0 Å². The van der Waals surface area contributed by atoms with Gasteiger partial charge in [0.1, 0.15) is 5.75 Å². The summed E-state index contributed by atoms with van der Waals surface area (Å²) in [5, 5.41) is 8.38. The Kier molecular flexibility index (Phi) is 7.63. The van der Waals surface area contributed by atoms with Crippen LogP contribution >= 0.6 is 15.9 Å². The first-order chi connectivity index (χ1) is 16.4. The van der Waals surface area contributed by atoms with Crippen LogP contribution in [0.15, 0.2) is 59.1 Å². The van der Waals surface area contributed by atoms with Gasteiger partial charge >= 0.3 is 0 Å². The van der Waals surface area contributed by atoms with Gasteiger partial charge in [0.15, 0.2) is 0 Å². The lowest BCUT2D eigenvalue weighted by atomic mass is 10.0. The second kappa shape index (κ2) is 10.8. The Morgan fingerprint density at radius 1 is 1.09 bits per heavy atom. The summed E-state index contributed by atoms with van der Waals surface area (Å²) in [7, 11) is 0. The number of pyridine rings is 1. The molecule has 0 radical (unpaired) electrons. The van der Waals surface area contributed by atoms with E-state index in [9.17, 15) is 4.79 Å². The molecule has 2 aromatic heterocycles. The Morgan fingerprint density at radius 2 is 1.88 bits per heavy atom. The van der Waals surface area contributed by atoms with E-state index in [1.165, 1.54) is 0 Å². The summed E-state index contributed by atoms with van der Waals surface area (Å²) in [6, 6.07) is 17.6. The van der Waals surface area contributed by atoms with Gasteiger partial charge in [0.2, 0.25) is 0 Å². The summed E-state index contributed by atoms with van der Waals surface area (Å²) in [6.45, 7) is 8.13. The number of aromatic nitrogens is 3. The van der Waals surface area contributed by atoms with Gasteiger partial charge in [0.05, 0.1) is 29.1 Å². The lowest BCUT2D eigenvalue weighted by Crippen LogP contribution is -2.26. The molecule has 2 heterocycles. The third-order valence-electron chi connectivity index (χ3n) is 5.57. The SMILES string of the molecule is CCCOc1ccc(-c2cc(C(=O)NCCCn3nc(C)cc3C)c3cc(Br)ccc3n2)cc1. The van der Waals surface area contributed by atoms with E-state index in [1.54, 1.807) is 0 Å². The molecule has 4 aromatic rings. The van der Waals surface area contributed by atoms with Crippen molar-refractivity contribution < 1.29 is 9.53 Å². The van der Waals surface area contributed by atoms with Gasteiger partial charge < -0.3 is 10.1 Å². The number of nitrogens with zero attached hydrogens (tertiary/aromatic N) is 3. The summed E-state index contributed by atoms with van der Waals surface area (Å²) in [6.07, 6.45) is 1.76. The van der Waals surface area contributed by atoms with E-state index in [4.69, 9.17) is 9.72 Å². The predicted octanol–water partition coefficient (Wildman–Crippen LogP) is 6.09. The molecule has 1 amide bonds. The van der Waals surface area contributed by atoms with E-state index in [2.05, 4.69) is 39.3 Å². The maximum absolute atomic E-state index is 13.2. The van der Waals surface area contributed by atoms with Crippen molar-refractivity contribution in [3.63, 3.8) is 0 Å². The summed E-state index contributed by atoms with van der Waals surface area (Å²) in [4.78, 5) is 18.0. The third kappa shape index (κ3) is 5.65. The first kappa shape index (κ1) is 24.0. The van der Waals surface area contributed by atoms with Crippen molar-refractivity contribution in [1.82, 2.24) is 20.1 Å². The van der Waals surface area contributed by atoms with E-state index < -0.39 is 0 Å². The Morgan fingerprint density at radius 3 is 2.59 bits per heavy atom. The van der Waals surface area contributed by atoms with Crippen LogP contribution in [0.25, 0.3) is 22.2 Å². The van der Waals surface area contributed by atoms with Crippen molar-refractivity contribution >= 4 is 32.7 Å². The molecule has 0 fully saturated rings. The highest BCUT2D eigenvalue weighted by atomic mass is 79.9. The molecule has 176 valence electrons. The van der Waals surface area contributed by atoms with Crippen LogP contribution < -0.4 is 10.1 Å². The van der Waals surface area contributed by atoms with Crippen LogP contribution in [0.1, 0.15) is 41.5 Å². The number of fused-ring (bicyclic) bond motifs is 1. The van der Waals surface area contributed by atoms with Crippen LogP contribution in [0, 0.1) is 13.8 Å². The van der Waals surface area contributed by atoms with E-state index in [0.717, 1.165) is 63.2 Å². The predicted molar refractivity (Wildman–Crippen MR) is 139 cm³/mol. The zero-order valence-corrected chi connectivity index (χ0v) is 21.4. The second-order valence-corrected chi connectivity index (χ2v) is 9.26. The first-order valence-electron chi connectivity index (χ1n) is 11.6. The highest BCUT2D eigenvalue weighted by Gasteiger charge is 2.15. The number of carbonyl (C=O) groups is 1. The van der Waals surface area contributed by atoms with E-state index >= 15 is 0 Å². The Balaban J connectivity index is 1.54. The standard InChI is InChI=1S/C27H29BrN4O2/c1-4-14-34-22-9-6-20(7-10-22)26-17-24(23-16-21(28)8-11-25(23)30-26)27(33)29-12-5-13-32-19(3)15-18(2)31-32/h6-11,15-17H,4-5,12-14H2,1-3H3,(H,29,33). The molecule has 6 nitrogen and oxygen atoms in total. The minimum Gasteiger partial charge on any atom is -0.494 e. The zero-order chi connectivity index (χ0) is 24.1. The van der Waals surface area contributed by atoms with Crippen molar-refractivity contribution in [2.24, 2.45) is 0 Å². The number of amides is 1. The lowest BCUT2D eigenvalue weighted by Gasteiger charge is -2.12. The minimum atomic E-state index is -0.108. The maximum atomic E-state index is 13.2. The monoisotopic (exact) mass is 520 g/mol. The highest BCUT2D eigenvalue weighted by Crippen LogP contribution is 2.28. The second-order valence-electron chi connectivity index (χ2n) is 8.35. The van der Waals surface area contributed by atoms with Gasteiger partial charge in [0.25, 0.3) is 5.91 Å². The number of aryl methyl sites for hydroxylation is 3. The topological polar surface area (TPSA) is 69.0 Å². The Hall–Kier alpha value is -3.19. The molecule has 0 unspecified atom stereocenters. The van der Waals surface area contributed by atoms with Crippen LogP contribution in [0.4, 0.5) is 0 Å². The number of nitrogens with one attached hydrogen (secondary N) is 1. The molecule has 1 N–H and O–H groups in total. The molecule has 7 heteroatoms. The number of ether oxygens (including phenoxy) is 1. The molecular weight excluding hydrogens is 492 g/mol. The summed E-state index contributed by atoms with van der Waals surface area (Å²) in [5.41, 5.74) is 5.22. The van der Waals surface area contributed by atoms with Crippen molar-refractivity contribution in [3.8, 4) is 17.0 Å². The molecule has 0 saturated carbocycles. The largest absolute Gasteiger partial charge is 0.494 e. The molecule has 0 aliphatic carbocycles. The lowest BCUT2D eigenvalue weighted by molar-refractivity contribution is 0.0954. The molecular formula is C27H29BrN4O2. The van der Waals surface area contributed by atoms with Gasteiger partial charge in [0, 0.05) is 34.2 Å². The van der Waals surface area contributed by atoms with Gasteiger partial charge in [-0.2, -0.15) is 5.10 Å². The van der Waals surface area contributed by atoms with Crippen molar-refractivity contribution in [1.29, 1.82) is 0 Å². The van der Waals surface area contributed by atoms with Gasteiger partial charge in [-0.05, 0) is 81.3 Å². The van der Waals surface area contributed by atoms with Gasteiger partial charge in [-0.25, -0.2) is 4.98 Å². The number of halogens is 1. The van der Waals surface area contributed by atoms with Gasteiger partial charge in [-0.3, -0.25) is 9.48 Å². The summed E-state index contributed by atoms with van der Waals surface area (Å²) in [5.74, 6) is 0.721. The number of carbonyl (C=O) groups excluding carboxylic acids is 1. The van der Waals surface area contributed by atoms with Crippen molar-refractivity contribution in [3.05, 3.63) is 76.0 Å². The van der Waals surface area contributed by atoms with E-state index in [0.29, 0.717) is 18.7 Å². The number of hydrogen-bond donors (Lipinski definition) is 1. The summed E-state index contributed by atoms with van der Waals surface area (Å²) >= 11 is 3.52. The quantitative estimate of drug-likeness (QED) is 0.271. The molecule has 0 saturated heterocycles. The Bertz CT molecular complexity index is 1300. The van der Waals surface area contributed by atoms with Crippen LogP contribution in [-0.2, 0) is 6.54 Å². The maximum Gasteiger partial charge on any atom is 0.252 e. The fourth-order valence-electron chi connectivity index (χ4n) is 3.90. The average Bonchev–Trinajstić information content (AvgIpc) is 3.16. The average molecular weight is 521 g/mol. The molecule has 0 bridgehead atoms. The number of hydrogen-bond acceptors (Lipinski definition) is 4. The minimum absolute atomic E-state index is 0.108. The smallest absolute Gasteiger partial charge is 0.252 e. The molecule has 34 heavy (non-hydrogen) atoms. The molecule has 0 aliphatic rings. The fraction of sp³-hybridized carbons (Fsp3) is 0.296. The molecule has 0 aliphatic heterocycles. The van der Waals surface area contributed by atoms with Crippen LogP contribution in [0.3, 0.4) is 0 Å². The number of benzene rings is 2. The molecule has 4 rings (SSSR count). The molecule has 2 aromatic carbocycles. The van der Waals surface area contributed by atoms with Crippen LogP contribution in [0.5, 0.6) is 5.75 Å². The first-order valence-corrected chi connectivity index (χ1v) is 12.4. The normalized spacial score (nSPS) is 11.1. The number of rotatable bonds is 9. The zero-order valence-electron chi connectivity index (χ0n) is 19.8. The van der Waals surface area contributed by atoms with E-state index in [-0.39, 0.29) is 5.91 Å². The van der Waals surface area contributed by atoms with Crippen molar-refractivity contribution in [2.75, 3.05) is 13.2 Å². The Labute approximate surface area is 208 Å². The summed E-state index contributed by atoms with van der Waals surface area (Å²) < 4.78 is 8.58. The van der Waals surface area contributed by atoms with Crippen molar-refractivity contribution in [2.45, 2.75) is 40.2 Å². The third-order valence-corrected chi connectivity index (χ3v) is 6.07. The van der Waals surface area contributed by atoms with E-state index in [1.807, 2.05) is 67.1 Å². The molecule has 0 spiro atoms. The molecule has 0 atom stereocenters. The fourth-order valence-corrected chi connectivity index (χ4v) is 4.26.